The summed E-state index contributed by atoms with van der Waals surface area (Å²) in [5.74, 6) is -1.24. The van der Waals surface area contributed by atoms with Crippen molar-refractivity contribution in [2.24, 2.45) is 0 Å². The Labute approximate surface area is 130 Å². The van der Waals surface area contributed by atoms with Crippen molar-refractivity contribution in [3.8, 4) is 0 Å². The monoisotopic (exact) mass is 310 g/mol. The van der Waals surface area contributed by atoms with Crippen molar-refractivity contribution in [1.82, 2.24) is 0 Å². The van der Waals surface area contributed by atoms with Crippen LogP contribution >= 0.6 is 0 Å². The Bertz CT molecular complexity index is 452. The summed E-state index contributed by atoms with van der Waals surface area (Å²) < 4.78 is 20.8. The van der Waals surface area contributed by atoms with Crippen LogP contribution < -0.4 is 0 Å². The minimum absolute atomic E-state index is 0.227. The van der Waals surface area contributed by atoms with Gasteiger partial charge in [-0.15, -0.1) is 0 Å². The highest BCUT2D eigenvalue weighted by Crippen LogP contribution is 2.17. The summed E-state index contributed by atoms with van der Waals surface area (Å²) >= 11 is 0. The van der Waals surface area contributed by atoms with Gasteiger partial charge >= 0.3 is 11.9 Å². The predicted molar refractivity (Wildman–Crippen MR) is 79.9 cm³/mol. The Hall–Kier alpha value is -1.92. The summed E-state index contributed by atoms with van der Waals surface area (Å²) in [6.07, 6.45) is 8.06. The molecule has 0 saturated carbocycles. The van der Waals surface area contributed by atoms with Crippen molar-refractivity contribution in [2.75, 3.05) is 13.2 Å². The fourth-order valence-electron chi connectivity index (χ4n) is 1.74. The summed E-state index contributed by atoms with van der Waals surface area (Å²) in [5.41, 5.74) is 0. The molecule has 0 aromatic carbocycles. The maximum atomic E-state index is 11.7. The standard InChI is InChI=1S/C16H22O6/c1-4-6-7-8-13-14(11-20-12(3)21-13)22-16(18)10-9-15(17)19-5-2/h4,6-10,12-14H,5,11H2,1-3H3/b6-4-,8-7+,10-9+/t12-,13+,14-/m1/s1. The van der Waals surface area contributed by atoms with Gasteiger partial charge in [0.05, 0.1) is 13.2 Å². The van der Waals surface area contributed by atoms with E-state index in [9.17, 15) is 9.59 Å². The third kappa shape index (κ3) is 6.69. The van der Waals surface area contributed by atoms with Crippen LogP contribution in [0.25, 0.3) is 0 Å². The summed E-state index contributed by atoms with van der Waals surface area (Å²) in [6, 6.07) is 0. The molecule has 6 heteroatoms. The molecule has 1 rings (SSSR count). The Morgan fingerprint density at radius 2 is 1.95 bits per heavy atom. The number of hydrogen-bond acceptors (Lipinski definition) is 6. The van der Waals surface area contributed by atoms with E-state index in [1.807, 2.05) is 25.2 Å². The lowest BCUT2D eigenvalue weighted by atomic mass is 10.1. The Balaban J connectivity index is 2.59. The van der Waals surface area contributed by atoms with Gasteiger partial charge < -0.3 is 18.9 Å². The van der Waals surface area contributed by atoms with Crippen LogP contribution in [0.2, 0.25) is 0 Å². The second-order valence-electron chi connectivity index (χ2n) is 4.47. The third-order valence-corrected chi connectivity index (χ3v) is 2.72. The second kappa shape index (κ2) is 9.92. The van der Waals surface area contributed by atoms with Gasteiger partial charge in [-0.05, 0) is 20.8 Å². The Morgan fingerprint density at radius 3 is 2.64 bits per heavy atom. The first-order valence-corrected chi connectivity index (χ1v) is 7.18. The SMILES string of the molecule is C/C=C\C=C\[C@@H]1O[C@H](C)OC[C@H]1OC(=O)/C=C/C(=O)OCC. The van der Waals surface area contributed by atoms with E-state index >= 15 is 0 Å². The zero-order valence-electron chi connectivity index (χ0n) is 13.1. The first-order valence-electron chi connectivity index (χ1n) is 7.18. The van der Waals surface area contributed by atoms with Gasteiger partial charge in [0.25, 0.3) is 0 Å². The third-order valence-electron chi connectivity index (χ3n) is 2.72. The second-order valence-corrected chi connectivity index (χ2v) is 4.47. The summed E-state index contributed by atoms with van der Waals surface area (Å²) in [7, 11) is 0. The average molecular weight is 310 g/mol. The normalized spacial score (nSPS) is 25.9. The number of carbonyl (C=O) groups excluding carboxylic acids is 2. The number of allylic oxidation sites excluding steroid dienone is 3. The van der Waals surface area contributed by atoms with E-state index in [-0.39, 0.29) is 19.5 Å². The summed E-state index contributed by atoms with van der Waals surface area (Å²) in [6.45, 7) is 5.83. The van der Waals surface area contributed by atoms with E-state index in [1.54, 1.807) is 19.9 Å². The van der Waals surface area contributed by atoms with Crippen molar-refractivity contribution in [3.63, 3.8) is 0 Å². The molecule has 1 aliphatic heterocycles. The smallest absolute Gasteiger partial charge is 0.331 e. The average Bonchev–Trinajstić information content (AvgIpc) is 2.48. The molecular weight excluding hydrogens is 288 g/mol. The zero-order chi connectivity index (χ0) is 16.4. The van der Waals surface area contributed by atoms with Gasteiger partial charge in [0, 0.05) is 12.2 Å². The van der Waals surface area contributed by atoms with E-state index in [1.165, 1.54) is 0 Å². The van der Waals surface area contributed by atoms with Gasteiger partial charge in [-0.3, -0.25) is 0 Å². The van der Waals surface area contributed by atoms with E-state index in [2.05, 4.69) is 4.74 Å². The lowest BCUT2D eigenvalue weighted by Gasteiger charge is -2.32. The van der Waals surface area contributed by atoms with E-state index in [0.717, 1.165) is 12.2 Å². The molecular formula is C16H22O6. The zero-order valence-corrected chi connectivity index (χ0v) is 13.1. The molecule has 122 valence electrons. The first kappa shape index (κ1) is 18.1. The number of ether oxygens (including phenoxy) is 4. The molecule has 1 aliphatic rings. The summed E-state index contributed by atoms with van der Waals surface area (Å²) in [5, 5.41) is 0. The van der Waals surface area contributed by atoms with Crippen LogP contribution in [0.15, 0.2) is 36.5 Å². The number of esters is 2. The largest absolute Gasteiger partial charge is 0.463 e. The minimum atomic E-state index is -0.649. The van der Waals surface area contributed by atoms with Crippen molar-refractivity contribution in [2.45, 2.75) is 39.3 Å². The molecule has 22 heavy (non-hydrogen) atoms. The Morgan fingerprint density at radius 1 is 1.23 bits per heavy atom. The van der Waals surface area contributed by atoms with E-state index < -0.39 is 24.1 Å². The number of carbonyl (C=O) groups is 2. The fraction of sp³-hybridized carbons (Fsp3) is 0.500. The molecule has 0 radical (unpaired) electrons. The van der Waals surface area contributed by atoms with E-state index in [0.29, 0.717) is 0 Å². The van der Waals surface area contributed by atoms with Gasteiger partial charge in [0.2, 0.25) is 0 Å². The predicted octanol–water partition coefficient (Wildman–Crippen LogP) is 1.91. The van der Waals surface area contributed by atoms with Gasteiger partial charge in [-0.25, -0.2) is 9.59 Å². The van der Waals surface area contributed by atoms with Gasteiger partial charge in [0.15, 0.2) is 12.4 Å². The molecule has 0 aromatic heterocycles. The van der Waals surface area contributed by atoms with E-state index in [4.69, 9.17) is 14.2 Å². The molecule has 0 N–H and O–H groups in total. The molecule has 0 spiro atoms. The maximum absolute atomic E-state index is 11.7. The molecule has 3 atom stereocenters. The van der Waals surface area contributed by atoms with Gasteiger partial charge in [-0.1, -0.05) is 24.3 Å². The highest BCUT2D eigenvalue weighted by Gasteiger charge is 2.30. The van der Waals surface area contributed by atoms with Gasteiger partial charge in [-0.2, -0.15) is 0 Å². The molecule has 0 aromatic rings. The van der Waals surface area contributed by atoms with Crippen molar-refractivity contribution in [1.29, 1.82) is 0 Å². The maximum Gasteiger partial charge on any atom is 0.331 e. The summed E-state index contributed by atoms with van der Waals surface area (Å²) in [4.78, 5) is 22.8. The molecule has 0 aliphatic carbocycles. The Kier molecular flexibility index (Phi) is 8.17. The van der Waals surface area contributed by atoms with Crippen molar-refractivity contribution in [3.05, 3.63) is 36.5 Å². The minimum Gasteiger partial charge on any atom is -0.463 e. The van der Waals surface area contributed by atoms with Crippen LogP contribution in [0.4, 0.5) is 0 Å². The van der Waals surface area contributed by atoms with Gasteiger partial charge in [0.1, 0.15) is 6.10 Å². The highest BCUT2D eigenvalue weighted by atomic mass is 16.7. The number of rotatable bonds is 6. The molecule has 1 fully saturated rings. The van der Waals surface area contributed by atoms with Crippen LogP contribution in [0.5, 0.6) is 0 Å². The molecule has 1 heterocycles. The van der Waals surface area contributed by atoms with Crippen LogP contribution in [0.3, 0.4) is 0 Å². The lowest BCUT2D eigenvalue weighted by Crippen LogP contribution is -2.44. The molecule has 0 bridgehead atoms. The lowest BCUT2D eigenvalue weighted by molar-refractivity contribution is -0.237. The van der Waals surface area contributed by atoms with Crippen LogP contribution in [0.1, 0.15) is 20.8 Å². The fourth-order valence-corrected chi connectivity index (χ4v) is 1.74. The quantitative estimate of drug-likeness (QED) is 0.424. The van der Waals surface area contributed by atoms with Crippen LogP contribution in [0, 0.1) is 0 Å². The first-order chi connectivity index (χ1) is 10.6. The molecule has 1 saturated heterocycles. The van der Waals surface area contributed by atoms with Crippen LogP contribution in [-0.2, 0) is 28.5 Å². The highest BCUT2D eigenvalue weighted by molar-refractivity contribution is 5.91. The van der Waals surface area contributed by atoms with Crippen molar-refractivity contribution < 1.29 is 28.5 Å². The number of hydrogen-bond donors (Lipinski definition) is 0. The topological polar surface area (TPSA) is 71.1 Å². The molecule has 0 amide bonds. The van der Waals surface area contributed by atoms with Crippen LogP contribution in [-0.4, -0.2) is 43.7 Å². The van der Waals surface area contributed by atoms with Crippen molar-refractivity contribution >= 4 is 11.9 Å². The molecule has 0 unspecified atom stereocenters. The molecule has 6 nitrogen and oxygen atoms in total.